The topological polar surface area (TPSA) is 101 Å². The summed E-state index contributed by atoms with van der Waals surface area (Å²) in [6, 6.07) is 8.36. The number of ether oxygens (including phenoxy) is 2. The largest absolute Gasteiger partial charge is 0.612 e. The molecule has 0 unspecified atom stereocenters. The molecule has 144 valence electrons. The van der Waals surface area contributed by atoms with Crippen molar-refractivity contribution in [2.45, 2.75) is 0 Å². The van der Waals surface area contributed by atoms with Crippen LogP contribution in [0.3, 0.4) is 0 Å². The second-order valence-electron chi connectivity index (χ2n) is 5.76. The normalized spacial score (nSPS) is 16.4. The van der Waals surface area contributed by atoms with Gasteiger partial charge in [0.15, 0.2) is 11.5 Å². The fourth-order valence-corrected chi connectivity index (χ4v) is 2.68. The van der Waals surface area contributed by atoms with Gasteiger partial charge in [-0.25, -0.2) is 0 Å². The Kier molecular flexibility index (Phi) is 5.55. The number of hydrogen-bond donors (Lipinski definition) is 1. The predicted octanol–water partition coefficient (Wildman–Crippen LogP) is 2.40. The smallest absolute Gasteiger partial charge is 0.233 e. The van der Waals surface area contributed by atoms with Crippen LogP contribution in [0.4, 0.5) is 0 Å². The van der Waals surface area contributed by atoms with Crippen LogP contribution in [0.25, 0.3) is 17.4 Å². The summed E-state index contributed by atoms with van der Waals surface area (Å²) >= 11 is 0. The first-order valence-corrected chi connectivity index (χ1v) is 8.33. The van der Waals surface area contributed by atoms with E-state index in [0.29, 0.717) is 33.5 Å². The first kappa shape index (κ1) is 18.9. The molecule has 0 saturated carbocycles. The van der Waals surface area contributed by atoms with Crippen LogP contribution in [0, 0.1) is 10.4 Å². The molecular formula is C21H18NO6-. The van der Waals surface area contributed by atoms with Gasteiger partial charge < -0.3 is 29.4 Å². The van der Waals surface area contributed by atoms with Crippen LogP contribution in [0.2, 0.25) is 0 Å². The quantitative estimate of drug-likeness (QED) is 0.497. The van der Waals surface area contributed by atoms with Gasteiger partial charge in [-0.15, -0.1) is 0 Å². The Bertz CT molecular complexity index is 1110. The van der Waals surface area contributed by atoms with E-state index in [1.165, 1.54) is 26.4 Å². The minimum absolute atomic E-state index is 0.00425. The summed E-state index contributed by atoms with van der Waals surface area (Å²) in [4.78, 5) is -0.454. The Labute approximate surface area is 160 Å². The highest BCUT2D eigenvalue weighted by Gasteiger charge is 2.13. The number of benzene rings is 1. The number of aliphatic hydroxyl groups excluding tert-OH is 1. The second kappa shape index (κ2) is 8.22. The van der Waals surface area contributed by atoms with Crippen LogP contribution in [-0.2, 0) is 0 Å². The standard InChI is InChI=1S/C21H18NO6/c1-26-20-11-7-14(13-21(20)27-2)18(23)10-8-15-9-12-19(28-15)16-5-3-4-6-17(16)22(24)25/h3-13H,1-2H3,(H-,23,24,25)/q-1. The molecule has 0 spiro atoms. The number of nitrogens with zero attached hydrogens (tertiary/aromatic N) is 1. The molecule has 0 bridgehead atoms. The van der Waals surface area contributed by atoms with Crippen molar-refractivity contribution in [3.63, 3.8) is 0 Å². The van der Waals surface area contributed by atoms with Gasteiger partial charge in [0.1, 0.15) is 16.6 Å². The van der Waals surface area contributed by atoms with Gasteiger partial charge in [-0.05, 0) is 48.6 Å². The zero-order valence-electron chi connectivity index (χ0n) is 15.3. The molecule has 1 aliphatic carbocycles. The molecule has 0 fully saturated rings. The number of aliphatic hydroxyl groups is 1. The molecule has 7 nitrogen and oxygen atoms in total. The van der Waals surface area contributed by atoms with E-state index in [1.54, 1.807) is 54.6 Å². The van der Waals surface area contributed by atoms with E-state index in [4.69, 9.17) is 13.9 Å². The first-order chi connectivity index (χ1) is 13.5. The molecule has 0 aliphatic heterocycles. The van der Waals surface area contributed by atoms with Crippen molar-refractivity contribution in [1.29, 1.82) is 0 Å². The van der Waals surface area contributed by atoms with Crippen molar-refractivity contribution in [1.82, 2.24) is 0 Å². The van der Waals surface area contributed by atoms with Crippen LogP contribution in [0.5, 0.6) is 11.5 Å². The number of rotatable bonds is 4. The number of hydrogen-bond acceptors (Lipinski definition) is 6. The fourth-order valence-electron chi connectivity index (χ4n) is 2.68. The van der Waals surface area contributed by atoms with Crippen LogP contribution in [-0.4, -0.2) is 29.9 Å². The summed E-state index contributed by atoms with van der Waals surface area (Å²) in [6.45, 7) is 0. The molecule has 28 heavy (non-hydrogen) atoms. The predicted molar refractivity (Wildman–Crippen MR) is 106 cm³/mol. The van der Waals surface area contributed by atoms with E-state index >= 15 is 0 Å². The van der Waals surface area contributed by atoms with Crippen molar-refractivity contribution in [3.05, 3.63) is 87.5 Å². The summed E-state index contributed by atoms with van der Waals surface area (Å²) in [5.74, 6) is 1.06. The Morgan fingerprint density at radius 2 is 1.79 bits per heavy atom. The van der Waals surface area contributed by atoms with Crippen molar-refractivity contribution in [3.8, 4) is 11.5 Å². The van der Waals surface area contributed by atoms with E-state index in [1.807, 2.05) is 0 Å². The Balaban J connectivity index is 1.96. The van der Waals surface area contributed by atoms with Gasteiger partial charge in [0.25, 0.3) is 0 Å². The highest BCUT2D eigenvalue weighted by Crippen LogP contribution is 2.29. The summed E-state index contributed by atoms with van der Waals surface area (Å²) in [7, 11) is 3.05. The van der Waals surface area contributed by atoms with Gasteiger partial charge in [0, 0.05) is 11.6 Å². The lowest BCUT2D eigenvalue weighted by Crippen LogP contribution is -2.17. The molecule has 1 aliphatic rings. The van der Waals surface area contributed by atoms with E-state index in [2.05, 4.69) is 0 Å². The molecule has 1 heterocycles. The Morgan fingerprint density at radius 3 is 2.50 bits per heavy atom. The molecular weight excluding hydrogens is 362 g/mol. The maximum absolute atomic E-state index is 11.2. The summed E-state index contributed by atoms with van der Waals surface area (Å²) in [6.07, 6.45) is 9.40. The number of furan rings is 1. The highest BCUT2D eigenvalue weighted by molar-refractivity contribution is 6.25. The van der Waals surface area contributed by atoms with Crippen molar-refractivity contribution >= 4 is 23.1 Å². The van der Waals surface area contributed by atoms with E-state index < -0.39 is 4.90 Å². The van der Waals surface area contributed by atoms with Gasteiger partial charge >= 0.3 is 0 Å². The molecule has 1 aromatic heterocycles. The maximum Gasteiger partial charge on any atom is 0.233 e. The SMILES string of the molecule is COc1ccc(C(O)=CC=c2ccc(=C3C=CC=CC3=[N+]([O-])[O-])o2)cc1OC. The van der Waals surface area contributed by atoms with E-state index in [9.17, 15) is 15.5 Å². The molecule has 1 aromatic carbocycles. The number of allylic oxidation sites excluding steroid dienone is 5. The fraction of sp³-hybridized carbons (Fsp3) is 0.0952. The molecule has 3 rings (SSSR count). The molecule has 0 amide bonds. The molecule has 1 N–H and O–H groups in total. The molecule has 2 aromatic rings. The Hall–Kier alpha value is -3.87. The van der Waals surface area contributed by atoms with Gasteiger partial charge in [-0.1, -0.05) is 12.2 Å². The van der Waals surface area contributed by atoms with Crippen molar-refractivity contribution in [2.75, 3.05) is 14.2 Å². The average molecular weight is 380 g/mol. The van der Waals surface area contributed by atoms with Crippen LogP contribution in [0.15, 0.2) is 65.1 Å². The third kappa shape index (κ3) is 3.93. The minimum atomic E-state index is -0.454. The lowest BCUT2D eigenvalue weighted by Gasteiger charge is -2.09. The molecule has 0 saturated heterocycles. The lowest BCUT2D eigenvalue weighted by atomic mass is 10.1. The molecule has 0 radical (unpaired) electrons. The zero-order valence-corrected chi connectivity index (χ0v) is 15.3. The minimum Gasteiger partial charge on any atom is -0.612 e. The summed E-state index contributed by atoms with van der Waals surface area (Å²) in [5, 5.41) is 32.6. The van der Waals surface area contributed by atoms with Gasteiger partial charge in [0.05, 0.1) is 19.8 Å². The van der Waals surface area contributed by atoms with Gasteiger partial charge in [0.2, 0.25) is 5.71 Å². The average Bonchev–Trinajstić information content (AvgIpc) is 3.20. The monoisotopic (exact) mass is 380 g/mol. The van der Waals surface area contributed by atoms with Crippen molar-refractivity contribution in [2.24, 2.45) is 0 Å². The summed E-state index contributed by atoms with van der Waals surface area (Å²) < 4.78 is 16.1. The van der Waals surface area contributed by atoms with E-state index in [-0.39, 0.29) is 11.5 Å². The maximum atomic E-state index is 11.2. The van der Waals surface area contributed by atoms with Crippen LogP contribution in [0.1, 0.15) is 5.56 Å². The first-order valence-electron chi connectivity index (χ1n) is 8.33. The number of methoxy groups -OCH3 is 2. The van der Waals surface area contributed by atoms with Gasteiger partial charge in [-0.3, -0.25) is 0 Å². The second-order valence-corrected chi connectivity index (χ2v) is 5.76. The third-order valence-electron chi connectivity index (χ3n) is 4.08. The van der Waals surface area contributed by atoms with Crippen molar-refractivity contribution < 1.29 is 23.9 Å². The molecule has 7 heteroatoms. The van der Waals surface area contributed by atoms with E-state index in [0.717, 1.165) is 0 Å². The highest BCUT2D eigenvalue weighted by atomic mass is 16.8. The third-order valence-corrected chi connectivity index (χ3v) is 4.08. The van der Waals surface area contributed by atoms with Crippen LogP contribution >= 0.6 is 0 Å². The van der Waals surface area contributed by atoms with Gasteiger partial charge in [-0.2, -0.15) is 4.90 Å². The molecule has 0 atom stereocenters. The Morgan fingerprint density at radius 1 is 1.04 bits per heavy atom. The lowest BCUT2D eigenvalue weighted by molar-refractivity contribution is -0.376. The zero-order chi connectivity index (χ0) is 20.1. The van der Waals surface area contributed by atoms with Crippen LogP contribution < -0.4 is 20.3 Å². The summed E-state index contributed by atoms with van der Waals surface area (Å²) in [5.41, 5.74) is 1.71.